The Labute approximate surface area is 183 Å². The number of carbonyl (C=O) groups is 2. The van der Waals surface area contributed by atoms with Gasteiger partial charge in [-0.1, -0.05) is 12.1 Å². The number of hydrogen-bond acceptors (Lipinski definition) is 9. The monoisotopic (exact) mass is 443 g/mol. The van der Waals surface area contributed by atoms with Gasteiger partial charge < -0.3 is 36.4 Å². The summed E-state index contributed by atoms with van der Waals surface area (Å²) in [6.07, 6.45) is -0.193. The lowest BCUT2D eigenvalue weighted by Gasteiger charge is -2.31. The van der Waals surface area contributed by atoms with Gasteiger partial charge in [-0.2, -0.15) is 4.98 Å². The molecule has 3 heterocycles. The molecule has 1 fully saturated rings. The molecule has 2 aromatic rings. The topological polar surface area (TPSA) is 177 Å². The smallest absolute Gasteiger partial charge is 0.320 e. The van der Waals surface area contributed by atoms with Crippen LogP contribution in [0.15, 0.2) is 29.1 Å². The lowest BCUT2D eigenvalue weighted by molar-refractivity contribution is -0.140. The molecule has 2 atom stereocenters. The highest BCUT2D eigenvalue weighted by atomic mass is 16.4. The van der Waals surface area contributed by atoms with Gasteiger partial charge in [0.15, 0.2) is 5.82 Å². The van der Waals surface area contributed by atoms with Gasteiger partial charge in [-0.25, -0.2) is 0 Å². The van der Waals surface area contributed by atoms with Crippen molar-refractivity contribution < 1.29 is 19.8 Å². The van der Waals surface area contributed by atoms with Crippen molar-refractivity contribution in [3.05, 3.63) is 40.2 Å². The van der Waals surface area contributed by atoms with Crippen LogP contribution in [0, 0.1) is 0 Å². The third-order valence-corrected chi connectivity index (χ3v) is 5.70. The summed E-state index contributed by atoms with van der Waals surface area (Å²) >= 11 is 0. The summed E-state index contributed by atoms with van der Waals surface area (Å²) in [4.78, 5) is 45.3. The Bertz CT molecular complexity index is 1070. The number of aromatic nitrogens is 2. The normalized spacial score (nSPS) is 17.9. The Morgan fingerprint density at radius 1 is 1.28 bits per heavy atom. The Kier molecular flexibility index (Phi) is 5.86. The standard InChI is InChI=1S/C20H25N7O5/c21-20-24-17-16(18(30)25-20)27-10-26(9-13(27)8-23-17)12-3-1-11(2-4-12)7-22-14(19(31)32)5-6-15(28)29/h1-4,13-14,22H,5-10H2,(H,28,29)(H,31,32)(H4,21,23,24,25,30)/t13?,14-/m0/s1. The van der Waals surface area contributed by atoms with Crippen LogP contribution in [-0.4, -0.2) is 64.0 Å². The predicted molar refractivity (Wildman–Crippen MR) is 118 cm³/mol. The van der Waals surface area contributed by atoms with Gasteiger partial charge in [0, 0.05) is 31.7 Å². The number of H-pyrrole nitrogens is 1. The molecule has 0 bridgehead atoms. The van der Waals surface area contributed by atoms with E-state index in [1.54, 1.807) is 0 Å². The molecule has 12 nitrogen and oxygen atoms in total. The highest BCUT2D eigenvalue weighted by Crippen LogP contribution is 2.32. The van der Waals surface area contributed by atoms with Gasteiger partial charge in [-0.05, 0) is 24.1 Å². The maximum atomic E-state index is 12.4. The highest BCUT2D eigenvalue weighted by molar-refractivity contribution is 5.75. The van der Waals surface area contributed by atoms with Crippen molar-refractivity contribution in [2.45, 2.75) is 31.5 Å². The van der Waals surface area contributed by atoms with Gasteiger partial charge in [0.1, 0.15) is 11.7 Å². The van der Waals surface area contributed by atoms with Gasteiger partial charge >= 0.3 is 11.9 Å². The van der Waals surface area contributed by atoms with Crippen LogP contribution < -0.4 is 31.7 Å². The lowest BCUT2D eigenvalue weighted by atomic mass is 10.1. The lowest BCUT2D eigenvalue weighted by Crippen LogP contribution is -2.44. The molecule has 1 unspecified atom stereocenters. The van der Waals surface area contributed by atoms with Crippen molar-refractivity contribution >= 4 is 35.1 Å². The molecule has 32 heavy (non-hydrogen) atoms. The third kappa shape index (κ3) is 4.44. The number of nitrogen functional groups attached to an aromatic ring is 1. The number of nitrogens with two attached hydrogens (primary N) is 1. The van der Waals surface area contributed by atoms with Gasteiger partial charge in [-0.15, -0.1) is 0 Å². The zero-order valence-corrected chi connectivity index (χ0v) is 17.2. The Morgan fingerprint density at radius 2 is 2.03 bits per heavy atom. The summed E-state index contributed by atoms with van der Waals surface area (Å²) < 4.78 is 0. The van der Waals surface area contributed by atoms with Crippen molar-refractivity contribution in [1.82, 2.24) is 15.3 Å². The fraction of sp³-hybridized carbons (Fsp3) is 0.400. The molecule has 2 aliphatic rings. The number of nitrogens with one attached hydrogen (secondary N) is 3. The molecule has 1 saturated heterocycles. The first-order valence-corrected chi connectivity index (χ1v) is 10.2. The molecule has 12 heteroatoms. The van der Waals surface area contributed by atoms with E-state index in [0.29, 0.717) is 31.3 Å². The van der Waals surface area contributed by atoms with Crippen molar-refractivity contribution in [1.29, 1.82) is 0 Å². The number of benzene rings is 1. The maximum absolute atomic E-state index is 12.4. The summed E-state index contributed by atoms with van der Waals surface area (Å²) in [5.74, 6) is -1.53. The van der Waals surface area contributed by atoms with Gasteiger partial charge in [0.25, 0.3) is 5.56 Å². The quantitative estimate of drug-likeness (QED) is 0.319. The Morgan fingerprint density at radius 3 is 2.72 bits per heavy atom. The number of aliphatic carboxylic acids is 2. The molecular weight excluding hydrogens is 418 g/mol. The molecule has 1 aromatic carbocycles. The van der Waals surface area contributed by atoms with E-state index in [1.807, 2.05) is 29.2 Å². The van der Waals surface area contributed by atoms with Crippen LogP contribution in [0.25, 0.3) is 0 Å². The first kappa shape index (κ1) is 21.4. The van der Waals surface area contributed by atoms with E-state index in [0.717, 1.165) is 17.8 Å². The summed E-state index contributed by atoms with van der Waals surface area (Å²) in [5.41, 5.74) is 7.72. The van der Waals surface area contributed by atoms with E-state index < -0.39 is 18.0 Å². The zero-order chi connectivity index (χ0) is 22.8. The molecule has 170 valence electrons. The van der Waals surface area contributed by atoms with Crippen molar-refractivity contribution in [3.8, 4) is 0 Å². The van der Waals surface area contributed by atoms with Crippen LogP contribution in [-0.2, 0) is 16.1 Å². The van der Waals surface area contributed by atoms with Crippen LogP contribution in [0.2, 0.25) is 0 Å². The summed E-state index contributed by atoms with van der Waals surface area (Å²) in [7, 11) is 0. The molecule has 4 rings (SSSR count). The molecule has 0 aliphatic carbocycles. The third-order valence-electron chi connectivity index (χ3n) is 5.70. The summed E-state index contributed by atoms with van der Waals surface area (Å²) in [5, 5.41) is 24.1. The van der Waals surface area contributed by atoms with Crippen molar-refractivity contribution in [2.75, 3.05) is 40.6 Å². The average molecular weight is 443 g/mol. The van der Waals surface area contributed by atoms with E-state index in [9.17, 15) is 19.5 Å². The fourth-order valence-electron chi connectivity index (χ4n) is 4.06. The minimum absolute atomic E-state index is 0.0168. The molecule has 0 amide bonds. The minimum atomic E-state index is -1.07. The fourth-order valence-corrected chi connectivity index (χ4v) is 4.06. The maximum Gasteiger partial charge on any atom is 0.320 e. The average Bonchev–Trinajstić information content (AvgIpc) is 3.17. The zero-order valence-electron chi connectivity index (χ0n) is 17.2. The van der Waals surface area contributed by atoms with E-state index in [4.69, 9.17) is 10.8 Å². The second kappa shape index (κ2) is 8.75. The number of hydrogen-bond donors (Lipinski definition) is 6. The second-order valence-corrected chi connectivity index (χ2v) is 7.89. The van der Waals surface area contributed by atoms with Crippen LogP contribution in [0.3, 0.4) is 0 Å². The number of aromatic amines is 1. The van der Waals surface area contributed by atoms with Crippen LogP contribution in [0.4, 0.5) is 23.1 Å². The van der Waals surface area contributed by atoms with Gasteiger partial charge in [0.2, 0.25) is 5.95 Å². The van der Waals surface area contributed by atoms with E-state index >= 15 is 0 Å². The van der Waals surface area contributed by atoms with E-state index in [-0.39, 0.29) is 30.4 Å². The Hall–Kier alpha value is -3.80. The number of carboxylic acid groups (broad SMARTS) is 2. The SMILES string of the molecule is Nc1nc2c(c(=O)[nH]1)N1CN(c3ccc(CN[C@@H](CCC(=O)O)C(=O)O)cc3)CC1CN2. The molecule has 2 aliphatic heterocycles. The van der Waals surface area contributed by atoms with Crippen molar-refractivity contribution in [2.24, 2.45) is 0 Å². The summed E-state index contributed by atoms with van der Waals surface area (Å²) in [6.45, 7) is 2.21. The molecule has 0 spiro atoms. The van der Waals surface area contributed by atoms with E-state index in [2.05, 4.69) is 25.5 Å². The van der Waals surface area contributed by atoms with E-state index in [1.165, 1.54) is 0 Å². The first-order valence-electron chi connectivity index (χ1n) is 10.2. The first-order chi connectivity index (χ1) is 15.3. The van der Waals surface area contributed by atoms with Crippen LogP contribution in [0.5, 0.6) is 0 Å². The minimum Gasteiger partial charge on any atom is -0.481 e. The molecular formula is C20H25N7O5. The van der Waals surface area contributed by atoms with Gasteiger partial charge in [0.05, 0.1) is 12.7 Å². The summed E-state index contributed by atoms with van der Waals surface area (Å²) in [6, 6.07) is 6.88. The number of anilines is 4. The number of nitrogens with zero attached hydrogens (tertiary/aromatic N) is 3. The molecule has 0 saturated carbocycles. The second-order valence-electron chi connectivity index (χ2n) is 7.89. The largest absolute Gasteiger partial charge is 0.481 e. The van der Waals surface area contributed by atoms with Crippen molar-refractivity contribution in [3.63, 3.8) is 0 Å². The molecule has 1 aromatic heterocycles. The molecule has 7 N–H and O–H groups in total. The number of fused-ring (bicyclic) bond motifs is 3. The predicted octanol–water partition coefficient (Wildman–Crippen LogP) is -0.162. The highest BCUT2D eigenvalue weighted by Gasteiger charge is 2.37. The van der Waals surface area contributed by atoms with Crippen LogP contribution in [0.1, 0.15) is 18.4 Å². The number of carboxylic acids is 2. The van der Waals surface area contributed by atoms with Gasteiger partial charge in [-0.3, -0.25) is 19.4 Å². The number of rotatable bonds is 8. The van der Waals surface area contributed by atoms with Crippen LogP contribution >= 0.6 is 0 Å². The Balaban J connectivity index is 1.40. The molecule has 0 radical (unpaired) electrons.